The molecule has 1 saturated heterocycles. The van der Waals surface area contributed by atoms with Gasteiger partial charge in [0.25, 0.3) is 11.8 Å². The zero-order valence-electron chi connectivity index (χ0n) is 11.0. The van der Waals surface area contributed by atoms with E-state index in [-0.39, 0.29) is 22.8 Å². The molecule has 0 N–H and O–H groups in total. The van der Waals surface area contributed by atoms with Crippen molar-refractivity contribution in [2.75, 3.05) is 12.3 Å². The van der Waals surface area contributed by atoms with Crippen molar-refractivity contribution in [3.05, 3.63) is 35.4 Å². The molecule has 4 nitrogen and oxygen atoms in total. The normalized spacial score (nSPS) is 21.7. The highest BCUT2D eigenvalue weighted by Crippen LogP contribution is 2.29. The van der Waals surface area contributed by atoms with Crippen LogP contribution in [0.25, 0.3) is 0 Å². The number of fused-ring (bicyclic) bond motifs is 1. The van der Waals surface area contributed by atoms with Gasteiger partial charge in [-0.3, -0.25) is 19.3 Å². The number of nitrogens with zero attached hydrogens (tertiary/aromatic N) is 1. The average Bonchev–Trinajstić information content (AvgIpc) is 2.97. The summed E-state index contributed by atoms with van der Waals surface area (Å²) in [6, 6.07) is 6.91. The molecule has 1 aromatic rings. The van der Waals surface area contributed by atoms with Crippen LogP contribution >= 0.6 is 11.8 Å². The first-order valence-corrected chi connectivity index (χ1v) is 7.79. The summed E-state index contributed by atoms with van der Waals surface area (Å²) in [6.07, 6.45) is 2.38. The molecule has 0 aromatic heterocycles. The van der Waals surface area contributed by atoms with Gasteiger partial charge in [0.1, 0.15) is 0 Å². The van der Waals surface area contributed by atoms with Gasteiger partial charge in [0, 0.05) is 18.2 Å². The molecule has 2 aliphatic heterocycles. The monoisotopic (exact) mass is 289 g/mol. The van der Waals surface area contributed by atoms with Crippen molar-refractivity contribution in [1.29, 1.82) is 0 Å². The second kappa shape index (κ2) is 5.40. The number of imide groups is 1. The first-order chi connectivity index (χ1) is 9.68. The standard InChI is InChI=1S/C15H15NO3S/c17-13-11-5-1-2-6-12(11)14(18)16(13)8-3-4-10-7-9-20-15(10)19/h1-2,5-6,10H,3-4,7-9H2. The second-order valence-electron chi connectivity index (χ2n) is 5.10. The van der Waals surface area contributed by atoms with Crippen molar-refractivity contribution in [1.82, 2.24) is 4.90 Å². The van der Waals surface area contributed by atoms with Crippen LogP contribution in [0, 0.1) is 5.92 Å². The molecule has 1 aromatic carbocycles. The van der Waals surface area contributed by atoms with Crippen molar-refractivity contribution in [3.63, 3.8) is 0 Å². The molecule has 1 unspecified atom stereocenters. The van der Waals surface area contributed by atoms with E-state index in [2.05, 4.69) is 0 Å². The van der Waals surface area contributed by atoms with Crippen LogP contribution in [0.2, 0.25) is 0 Å². The third-order valence-electron chi connectivity index (χ3n) is 3.86. The second-order valence-corrected chi connectivity index (χ2v) is 6.20. The van der Waals surface area contributed by atoms with Crippen LogP contribution in [-0.2, 0) is 4.79 Å². The Morgan fingerprint density at radius 2 is 1.75 bits per heavy atom. The van der Waals surface area contributed by atoms with E-state index in [4.69, 9.17) is 0 Å². The smallest absolute Gasteiger partial charge is 0.261 e. The maximum Gasteiger partial charge on any atom is 0.261 e. The van der Waals surface area contributed by atoms with Gasteiger partial charge in [0.15, 0.2) is 5.12 Å². The van der Waals surface area contributed by atoms with Crippen LogP contribution in [-0.4, -0.2) is 34.1 Å². The molecule has 0 spiro atoms. The van der Waals surface area contributed by atoms with Crippen molar-refractivity contribution < 1.29 is 14.4 Å². The van der Waals surface area contributed by atoms with Crippen LogP contribution < -0.4 is 0 Å². The number of hydrogen-bond donors (Lipinski definition) is 0. The number of carbonyl (C=O) groups excluding carboxylic acids is 3. The molecule has 104 valence electrons. The molecule has 20 heavy (non-hydrogen) atoms. The van der Waals surface area contributed by atoms with Gasteiger partial charge < -0.3 is 0 Å². The Bertz CT molecular complexity index is 549. The van der Waals surface area contributed by atoms with E-state index in [0.717, 1.165) is 18.6 Å². The minimum Gasteiger partial charge on any atom is -0.287 e. The Balaban J connectivity index is 1.61. The van der Waals surface area contributed by atoms with Gasteiger partial charge in [-0.1, -0.05) is 23.9 Å². The van der Waals surface area contributed by atoms with E-state index in [1.54, 1.807) is 24.3 Å². The number of amides is 2. The summed E-state index contributed by atoms with van der Waals surface area (Å²) >= 11 is 1.39. The molecule has 0 aliphatic carbocycles. The molecule has 1 atom stereocenters. The van der Waals surface area contributed by atoms with E-state index in [0.29, 0.717) is 24.1 Å². The van der Waals surface area contributed by atoms with Crippen molar-refractivity contribution in [3.8, 4) is 0 Å². The Morgan fingerprint density at radius 1 is 1.10 bits per heavy atom. The third-order valence-corrected chi connectivity index (χ3v) is 4.91. The summed E-state index contributed by atoms with van der Waals surface area (Å²) < 4.78 is 0. The van der Waals surface area contributed by atoms with Crippen LogP contribution in [0.15, 0.2) is 24.3 Å². The van der Waals surface area contributed by atoms with Gasteiger partial charge in [0.2, 0.25) is 0 Å². The van der Waals surface area contributed by atoms with Gasteiger partial charge in [-0.2, -0.15) is 0 Å². The lowest BCUT2D eigenvalue weighted by molar-refractivity contribution is -0.114. The molecule has 2 amide bonds. The van der Waals surface area contributed by atoms with E-state index < -0.39 is 0 Å². The highest BCUT2D eigenvalue weighted by molar-refractivity contribution is 8.14. The Kier molecular flexibility index (Phi) is 3.61. The average molecular weight is 289 g/mol. The van der Waals surface area contributed by atoms with Crippen LogP contribution in [0.3, 0.4) is 0 Å². The number of carbonyl (C=O) groups is 3. The van der Waals surface area contributed by atoms with E-state index >= 15 is 0 Å². The van der Waals surface area contributed by atoms with Crippen molar-refractivity contribution >= 4 is 28.7 Å². The molecule has 0 saturated carbocycles. The topological polar surface area (TPSA) is 54.5 Å². The van der Waals surface area contributed by atoms with E-state index in [1.165, 1.54) is 16.7 Å². The molecule has 2 heterocycles. The molecule has 3 rings (SSSR count). The van der Waals surface area contributed by atoms with Crippen LogP contribution in [0.4, 0.5) is 0 Å². The summed E-state index contributed by atoms with van der Waals surface area (Å²) in [7, 11) is 0. The molecule has 0 bridgehead atoms. The number of rotatable bonds is 4. The zero-order chi connectivity index (χ0) is 14.1. The highest BCUT2D eigenvalue weighted by Gasteiger charge is 2.35. The van der Waals surface area contributed by atoms with Gasteiger partial charge in [-0.25, -0.2) is 0 Å². The largest absolute Gasteiger partial charge is 0.287 e. The molecule has 0 radical (unpaired) electrons. The first kappa shape index (κ1) is 13.4. The quantitative estimate of drug-likeness (QED) is 0.798. The lowest BCUT2D eigenvalue weighted by atomic mass is 10.0. The minimum atomic E-state index is -0.210. The minimum absolute atomic E-state index is 0.107. The summed E-state index contributed by atoms with van der Waals surface area (Å²) in [5.74, 6) is 0.585. The fourth-order valence-corrected chi connectivity index (χ4v) is 3.81. The molecule has 1 fully saturated rings. The summed E-state index contributed by atoms with van der Waals surface area (Å²) in [4.78, 5) is 37.1. The summed E-state index contributed by atoms with van der Waals surface area (Å²) in [5.41, 5.74) is 0.981. The molecular formula is C15H15NO3S. The predicted octanol–water partition coefficient (Wildman–Crippen LogP) is 2.34. The maximum absolute atomic E-state index is 12.1. The van der Waals surface area contributed by atoms with Gasteiger partial charge in [0.05, 0.1) is 11.1 Å². The molecule has 5 heteroatoms. The van der Waals surface area contributed by atoms with E-state index in [1.807, 2.05) is 0 Å². The van der Waals surface area contributed by atoms with Crippen LogP contribution in [0.1, 0.15) is 40.0 Å². The molecule has 2 aliphatic rings. The number of thioether (sulfide) groups is 1. The third kappa shape index (κ3) is 2.26. The van der Waals surface area contributed by atoms with Crippen molar-refractivity contribution in [2.24, 2.45) is 5.92 Å². The maximum atomic E-state index is 12.1. The van der Waals surface area contributed by atoms with Crippen LogP contribution in [0.5, 0.6) is 0 Å². The Morgan fingerprint density at radius 3 is 2.30 bits per heavy atom. The summed E-state index contributed by atoms with van der Waals surface area (Å²) in [5, 5.41) is 0.257. The van der Waals surface area contributed by atoms with Gasteiger partial charge in [-0.15, -0.1) is 0 Å². The molecular weight excluding hydrogens is 274 g/mol. The highest BCUT2D eigenvalue weighted by atomic mass is 32.2. The van der Waals surface area contributed by atoms with Crippen molar-refractivity contribution in [2.45, 2.75) is 19.3 Å². The first-order valence-electron chi connectivity index (χ1n) is 6.80. The number of hydrogen-bond acceptors (Lipinski definition) is 4. The Hall–Kier alpha value is -1.62. The fraction of sp³-hybridized carbons (Fsp3) is 0.400. The van der Waals surface area contributed by atoms with Gasteiger partial charge in [-0.05, 0) is 31.4 Å². The lowest BCUT2D eigenvalue weighted by Crippen LogP contribution is -2.31. The Labute approximate surface area is 121 Å². The van der Waals surface area contributed by atoms with E-state index in [9.17, 15) is 14.4 Å². The summed E-state index contributed by atoms with van der Waals surface area (Å²) in [6.45, 7) is 0.404. The zero-order valence-corrected chi connectivity index (χ0v) is 11.8. The van der Waals surface area contributed by atoms with Gasteiger partial charge >= 0.3 is 0 Å². The lowest BCUT2D eigenvalue weighted by Gasteiger charge is -2.14. The SMILES string of the molecule is O=C1SCCC1CCCN1C(=O)c2ccccc2C1=O. The number of benzene rings is 1. The fourth-order valence-electron chi connectivity index (χ4n) is 2.74. The predicted molar refractivity (Wildman–Crippen MR) is 76.6 cm³/mol.